The van der Waals surface area contributed by atoms with Gasteiger partial charge in [0.05, 0.1) is 13.2 Å². The summed E-state index contributed by atoms with van der Waals surface area (Å²) in [5.41, 5.74) is -0.0369. The molecule has 1 aliphatic carbocycles. The van der Waals surface area contributed by atoms with Gasteiger partial charge in [-0.25, -0.2) is 0 Å². The molecular weight excluding hydrogens is 252 g/mol. The second-order valence-corrected chi connectivity index (χ2v) is 6.63. The van der Waals surface area contributed by atoms with Gasteiger partial charge in [-0.1, -0.05) is 20.3 Å². The lowest BCUT2D eigenvalue weighted by Crippen LogP contribution is -2.50. The maximum atomic E-state index is 9.74. The predicted molar refractivity (Wildman–Crippen MR) is 84.0 cm³/mol. The van der Waals surface area contributed by atoms with Crippen molar-refractivity contribution in [3.05, 3.63) is 0 Å². The molecule has 1 fully saturated rings. The van der Waals surface area contributed by atoms with Crippen molar-refractivity contribution in [1.29, 1.82) is 0 Å². The maximum Gasteiger partial charge on any atom is 0.0615 e. The topological polar surface area (TPSA) is 44.7 Å². The molecule has 0 saturated heterocycles. The first-order valence-electron chi connectivity index (χ1n) is 8.09. The standard InChI is InChI=1S/C16H34N2O2/c1-14(2)12-18(10-11-20-4)9-7-15-6-5-8-16(15,13-19)17-3/h14-15,17,19H,5-13H2,1-4H3. The minimum absolute atomic E-state index is 0.0369. The summed E-state index contributed by atoms with van der Waals surface area (Å²) in [7, 11) is 3.76. The Hall–Kier alpha value is -0.160. The van der Waals surface area contributed by atoms with Gasteiger partial charge in [0.2, 0.25) is 0 Å². The average molecular weight is 286 g/mol. The summed E-state index contributed by atoms with van der Waals surface area (Å²) in [5.74, 6) is 1.28. The molecule has 2 N–H and O–H groups in total. The van der Waals surface area contributed by atoms with Crippen LogP contribution in [0.2, 0.25) is 0 Å². The second kappa shape index (κ2) is 8.98. The van der Waals surface area contributed by atoms with Gasteiger partial charge in [0.25, 0.3) is 0 Å². The molecular formula is C16H34N2O2. The van der Waals surface area contributed by atoms with E-state index >= 15 is 0 Å². The first-order chi connectivity index (χ1) is 9.57. The van der Waals surface area contributed by atoms with E-state index in [2.05, 4.69) is 24.1 Å². The molecule has 20 heavy (non-hydrogen) atoms. The van der Waals surface area contributed by atoms with Crippen LogP contribution in [0.4, 0.5) is 0 Å². The van der Waals surface area contributed by atoms with E-state index in [9.17, 15) is 5.11 Å². The van der Waals surface area contributed by atoms with E-state index < -0.39 is 0 Å². The van der Waals surface area contributed by atoms with Gasteiger partial charge in [-0.2, -0.15) is 0 Å². The molecule has 4 nitrogen and oxygen atoms in total. The van der Waals surface area contributed by atoms with Crippen LogP contribution >= 0.6 is 0 Å². The van der Waals surface area contributed by atoms with Crippen LogP contribution in [0.1, 0.15) is 39.5 Å². The van der Waals surface area contributed by atoms with E-state index in [1.807, 2.05) is 7.05 Å². The van der Waals surface area contributed by atoms with Gasteiger partial charge in [0.15, 0.2) is 0 Å². The van der Waals surface area contributed by atoms with E-state index in [4.69, 9.17) is 4.74 Å². The highest BCUT2D eigenvalue weighted by molar-refractivity contribution is 4.98. The molecule has 0 heterocycles. The highest BCUT2D eigenvalue weighted by Gasteiger charge is 2.40. The first-order valence-corrected chi connectivity index (χ1v) is 8.09. The van der Waals surface area contributed by atoms with E-state index in [0.717, 1.165) is 39.1 Å². The highest BCUT2D eigenvalue weighted by atomic mass is 16.5. The summed E-state index contributed by atoms with van der Waals surface area (Å²) in [6, 6.07) is 0. The molecule has 4 heteroatoms. The molecule has 120 valence electrons. The fourth-order valence-electron chi connectivity index (χ4n) is 3.55. The first kappa shape index (κ1) is 17.9. The zero-order valence-electron chi connectivity index (χ0n) is 13.8. The number of hydrogen-bond acceptors (Lipinski definition) is 4. The Kier molecular flexibility index (Phi) is 8.03. The Morgan fingerprint density at radius 1 is 1.40 bits per heavy atom. The van der Waals surface area contributed by atoms with Crippen LogP contribution in [0.25, 0.3) is 0 Å². The van der Waals surface area contributed by atoms with E-state index in [0.29, 0.717) is 11.8 Å². The molecule has 0 bridgehead atoms. The Morgan fingerprint density at radius 3 is 2.70 bits per heavy atom. The van der Waals surface area contributed by atoms with Gasteiger partial charge in [-0.15, -0.1) is 0 Å². The number of nitrogens with one attached hydrogen (secondary N) is 1. The Labute approximate surface area is 124 Å². The van der Waals surface area contributed by atoms with Gasteiger partial charge < -0.3 is 20.1 Å². The third kappa shape index (κ3) is 4.99. The molecule has 0 aliphatic heterocycles. The maximum absolute atomic E-state index is 9.74. The summed E-state index contributed by atoms with van der Waals surface area (Å²) < 4.78 is 5.21. The minimum Gasteiger partial charge on any atom is -0.394 e. The SMILES string of the molecule is CNC1(CO)CCCC1CCN(CCOC)CC(C)C. The fourth-order valence-corrected chi connectivity index (χ4v) is 3.55. The molecule has 2 atom stereocenters. The van der Waals surface area contributed by atoms with Gasteiger partial charge in [0.1, 0.15) is 0 Å². The Balaban J connectivity index is 2.48. The molecule has 0 aromatic heterocycles. The van der Waals surface area contributed by atoms with Gasteiger partial charge in [-0.3, -0.25) is 0 Å². The predicted octanol–water partition coefficient (Wildman–Crippen LogP) is 1.73. The molecule has 0 spiro atoms. The van der Waals surface area contributed by atoms with Gasteiger partial charge in [0, 0.05) is 25.7 Å². The third-order valence-corrected chi connectivity index (χ3v) is 4.77. The van der Waals surface area contributed by atoms with Crippen molar-refractivity contribution in [2.75, 3.05) is 47.0 Å². The zero-order valence-corrected chi connectivity index (χ0v) is 13.8. The number of methoxy groups -OCH3 is 1. The summed E-state index contributed by atoms with van der Waals surface area (Å²) in [4.78, 5) is 2.50. The lowest BCUT2D eigenvalue weighted by molar-refractivity contribution is 0.105. The Morgan fingerprint density at radius 2 is 2.15 bits per heavy atom. The minimum atomic E-state index is -0.0369. The third-order valence-electron chi connectivity index (χ3n) is 4.77. The largest absolute Gasteiger partial charge is 0.394 e. The number of ether oxygens (including phenoxy) is 1. The summed E-state index contributed by atoms with van der Waals surface area (Å²) in [6.07, 6.45) is 4.74. The number of aliphatic hydroxyl groups excluding tert-OH is 1. The lowest BCUT2D eigenvalue weighted by atomic mass is 9.85. The van der Waals surface area contributed by atoms with Crippen molar-refractivity contribution < 1.29 is 9.84 Å². The van der Waals surface area contributed by atoms with Crippen molar-refractivity contribution in [3.8, 4) is 0 Å². The fraction of sp³-hybridized carbons (Fsp3) is 1.00. The molecule has 2 unspecified atom stereocenters. The van der Waals surface area contributed by atoms with E-state index in [1.165, 1.54) is 12.8 Å². The average Bonchev–Trinajstić information content (AvgIpc) is 2.84. The van der Waals surface area contributed by atoms with Gasteiger partial charge in [-0.05, 0) is 44.7 Å². The van der Waals surface area contributed by atoms with Crippen LogP contribution in [0.3, 0.4) is 0 Å². The van der Waals surface area contributed by atoms with Crippen LogP contribution in [0.5, 0.6) is 0 Å². The van der Waals surface area contributed by atoms with Crippen molar-refractivity contribution in [2.45, 2.75) is 45.1 Å². The molecule has 1 rings (SSSR count). The van der Waals surface area contributed by atoms with E-state index in [1.54, 1.807) is 7.11 Å². The number of hydrogen-bond donors (Lipinski definition) is 2. The Bertz CT molecular complexity index is 255. The second-order valence-electron chi connectivity index (χ2n) is 6.63. The van der Waals surface area contributed by atoms with Crippen molar-refractivity contribution in [3.63, 3.8) is 0 Å². The van der Waals surface area contributed by atoms with Crippen LogP contribution in [0.15, 0.2) is 0 Å². The van der Waals surface area contributed by atoms with Crippen LogP contribution in [0, 0.1) is 11.8 Å². The van der Waals surface area contributed by atoms with Crippen LogP contribution < -0.4 is 5.32 Å². The number of likely N-dealkylation sites (N-methyl/N-ethyl adjacent to an activating group) is 1. The van der Waals surface area contributed by atoms with Crippen molar-refractivity contribution in [2.24, 2.45) is 11.8 Å². The summed E-state index contributed by atoms with van der Waals surface area (Å²) >= 11 is 0. The monoisotopic (exact) mass is 286 g/mol. The molecule has 0 radical (unpaired) electrons. The number of rotatable bonds is 10. The quantitative estimate of drug-likeness (QED) is 0.642. The van der Waals surface area contributed by atoms with Gasteiger partial charge >= 0.3 is 0 Å². The molecule has 1 saturated carbocycles. The van der Waals surface area contributed by atoms with Crippen LogP contribution in [-0.2, 0) is 4.74 Å². The molecule has 1 aliphatic rings. The molecule has 0 aromatic carbocycles. The molecule has 0 aromatic rings. The number of nitrogens with zero attached hydrogens (tertiary/aromatic N) is 1. The van der Waals surface area contributed by atoms with Crippen molar-refractivity contribution in [1.82, 2.24) is 10.2 Å². The van der Waals surface area contributed by atoms with Crippen molar-refractivity contribution >= 4 is 0 Å². The molecule has 0 amide bonds. The van der Waals surface area contributed by atoms with Crippen LogP contribution in [-0.4, -0.2) is 62.6 Å². The smallest absolute Gasteiger partial charge is 0.0615 e. The highest BCUT2D eigenvalue weighted by Crippen LogP contribution is 2.37. The number of aliphatic hydroxyl groups is 1. The zero-order chi connectivity index (χ0) is 15.0. The summed E-state index contributed by atoms with van der Waals surface area (Å²) in [5, 5.41) is 13.1. The van der Waals surface area contributed by atoms with E-state index in [-0.39, 0.29) is 12.1 Å². The normalized spacial score (nSPS) is 26.9. The summed E-state index contributed by atoms with van der Waals surface area (Å²) in [6.45, 7) is 8.83. The lowest BCUT2D eigenvalue weighted by Gasteiger charge is -2.35.